The smallest absolute Gasteiger partial charge is 0.226 e. The Labute approximate surface area is 141 Å². The first-order valence-electron chi connectivity index (χ1n) is 7.95. The fourth-order valence-corrected chi connectivity index (χ4v) is 3.88. The van der Waals surface area contributed by atoms with Crippen molar-refractivity contribution in [3.63, 3.8) is 0 Å². The van der Waals surface area contributed by atoms with Crippen molar-refractivity contribution >= 4 is 29.1 Å². The summed E-state index contributed by atoms with van der Waals surface area (Å²) in [6.45, 7) is 4.38. The Hall–Kier alpha value is -0.770. The predicted molar refractivity (Wildman–Crippen MR) is 88.5 cm³/mol. The van der Waals surface area contributed by atoms with Crippen LogP contribution in [-0.2, 0) is 9.53 Å². The molecule has 1 saturated carbocycles. The Kier molecular flexibility index (Phi) is 4.96. The van der Waals surface area contributed by atoms with Crippen LogP contribution < -0.4 is 0 Å². The summed E-state index contributed by atoms with van der Waals surface area (Å²) in [6.07, 6.45) is 3.10. The summed E-state index contributed by atoms with van der Waals surface area (Å²) in [7, 11) is 0. The molecule has 1 saturated heterocycles. The molecule has 1 aliphatic heterocycles. The summed E-state index contributed by atoms with van der Waals surface area (Å²) in [6, 6.07) is 5.55. The van der Waals surface area contributed by atoms with Gasteiger partial charge in [0.15, 0.2) is 0 Å². The maximum absolute atomic E-state index is 12.6. The summed E-state index contributed by atoms with van der Waals surface area (Å²) in [5.74, 6) is 0.607. The number of piperidine rings is 1. The van der Waals surface area contributed by atoms with Crippen molar-refractivity contribution in [3.05, 3.63) is 33.8 Å². The molecule has 5 heteroatoms. The molecule has 1 heterocycles. The van der Waals surface area contributed by atoms with Gasteiger partial charge in [-0.3, -0.25) is 4.79 Å². The van der Waals surface area contributed by atoms with Crippen molar-refractivity contribution in [1.29, 1.82) is 0 Å². The van der Waals surface area contributed by atoms with Crippen LogP contribution in [0.15, 0.2) is 18.2 Å². The average molecular weight is 342 g/mol. The third-order valence-corrected chi connectivity index (χ3v) is 5.19. The molecule has 120 valence electrons. The molecule has 3 rings (SSSR count). The molecule has 0 radical (unpaired) electrons. The van der Waals surface area contributed by atoms with Crippen LogP contribution in [0.3, 0.4) is 0 Å². The normalized spacial score (nSPS) is 25.3. The Morgan fingerprint density at radius 3 is 2.68 bits per heavy atom. The Morgan fingerprint density at radius 1 is 1.32 bits per heavy atom. The lowest BCUT2D eigenvalue weighted by Gasteiger charge is -2.32. The largest absolute Gasteiger partial charge is 0.378 e. The van der Waals surface area contributed by atoms with Gasteiger partial charge in [0.05, 0.1) is 6.10 Å². The monoisotopic (exact) mass is 341 g/mol. The fourth-order valence-electron chi connectivity index (χ4n) is 3.33. The molecule has 1 aliphatic carbocycles. The quantitative estimate of drug-likeness (QED) is 0.824. The Bertz CT molecular complexity index is 556. The van der Waals surface area contributed by atoms with Gasteiger partial charge in [0.25, 0.3) is 0 Å². The number of nitrogens with zero attached hydrogens (tertiary/aromatic N) is 1. The van der Waals surface area contributed by atoms with E-state index in [1.165, 1.54) is 0 Å². The lowest BCUT2D eigenvalue weighted by molar-refractivity contribution is -0.135. The van der Waals surface area contributed by atoms with Crippen LogP contribution in [-0.4, -0.2) is 36.6 Å². The minimum absolute atomic E-state index is 0.0855. The van der Waals surface area contributed by atoms with Gasteiger partial charge in [-0.2, -0.15) is 0 Å². The number of halogens is 2. The number of benzene rings is 1. The van der Waals surface area contributed by atoms with E-state index >= 15 is 0 Å². The van der Waals surface area contributed by atoms with Crippen molar-refractivity contribution in [2.75, 3.05) is 19.7 Å². The van der Waals surface area contributed by atoms with Crippen molar-refractivity contribution < 1.29 is 9.53 Å². The van der Waals surface area contributed by atoms with Crippen LogP contribution in [0, 0.1) is 5.92 Å². The Morgan fingerprint density at radius 2 is 2.05 bits per heavy atom. The molecule has 0 aromatic heterocycles. The van der Waals surface area contributed by atoms with Crippen LogP contribution in [0.1, 0.15) is 37.7 Å². The van der Waals surface area contributed by atoms with Crippen LogP contribution >= 0.6 is 23.2 Å². The molecule has 22 heavy (non-hydrogen) atoms. The van der Waals surface area contributed by atoms with E-state index in [0.29, 0.717) is 16.1 Å². The molecular weight excluding hydrogens is 321 g/mol. The minimum Gasteiger partial charge on any atom is -0.378 e. The van der Waals surface area contributed by atoms with Crippen molar-refractivity contribution in [3.8, 4) is 0 Å². The molecule has 2 aliphatic rings. The first-order chi connectivity index (χ1) is 10.6. The molecule has 1 amide bonds. The van der Waals surface area contributed by atoms with Crippen LogP contribution in [0.4, 0.5) is 0 Å². The second-order valence-corrected chi connectivity index (χ2v) is 6.94. The molecule has 2 fully saturated rings. The van der Waals surface area contributed by atoms with E-state index in [1.54, 1.807) is 6.07 Å². The summed E-state index contributed by atoms with van der Waals surface area (Å²) >= 11 is 12.2. The molecule has 2 atom stereocenters. The van der Waals surface area contributed by atoms with Gasteiger partial charge in [-0.05, 0) is 49.8 Å². The number of carbonyl (C=O) groups is 1. The van der Waals surface area contributed by atoms with Crippen molar-refractivity contribution in [2.45, 2.75) is 38.2 Å². The lowest BCUT2D eigenvalue weighted by Crippen LogP contribution is -2.41. The highest BCUT2D eigenvalue weighted by molar-refractivity contribution is 6.35. The number of ether oxygens (including phenoxy) is 1. The summed E-state index contributed by atoms with van der Waals surface area (Å²) in [4.78, 5) is 14.6. The lowest BCUT2D eigenvalue weighted by atomic mass is 10.1. The standard InChI is InChI=1S/C17H21Cl2NO2/c1-2-22-12-5-7-20(8-6-12)17(21)15-10-14(15)13-4-3-11(18)9-16(13)19/h3-4,9,12,14-15H,2,5-8,10H2,1H3/t14-,15+/m1/s1. The van der Waals surface area contributed by atoms with Crippen LogP contribution in [0.2, 0.25) is 10.0 Å². The predicted octanol–water partition coefficient (Wildman–Crippen LogP) is 4.12. The molecule has 0 unspecified atom stereocenters. The summed E-state index contributed by atoms with van der Waals surface area (Å²) < 4.78 is 5.64. The van der Waals surface area contributed by atoms with E-state index in [0.717, 1.165) is 44.5 Å². The highest BCUT2D eigenvalue weighted by Gasteiger charge is 2.46. The Balaban J connectivity index is 1.57. The fraction of sp³-hybridized carbons (Fsp3) is 0.588. The highest BCUT2D eigenvalue weighted by atomic mass is 35.5. The molecular formula is C17H21Cl2NO2. The second-order valence-electron chi connectivity index (χ2n) is 6.09. The molecule has 1 aromatic rings. The minimum atomic E-state index is 0.0855. The van der Waals surface area contributed by atoms with E-state index in [9.17, 15) is 4.79 Å². The second kappa shape index (κ2) is 6.77. The maximum Gasteiger partial charge on any atom is 0.226 e. The van der Waals surface area contributed by atoms with E-state index in [-0.39, 0.29) is 17.7 Å². The summed E-state index contributed by atoms with van der Waals surface area (Å²) in [5, 5.41) is 1.30. The van der Waals surface area contributed by atoms with Crippen molar-refractivity contribution in [2.24, 2.45) is 5.92 Å². The van der Waals surface area contributed by atoms with Gasteiger partial charge in [-0.1, -0.05) is 29.3 Å². The zero-order valence-electron chi connectivity index (χ0n) is 12.7. The topological polar surface area (TPSA) is 29.5 Å². The number of rotatable bonds is 4. The highest BCUT2D eigenvalue weighted by Crippen LogP contribution is 2.51. The number of amides is 1. The number of hydrogen-bond acceptors (Lipinski definition) is 2. The van der Waals surface area contributed by atoms with Crippen LogP contribution in [0.5, 0.6) is 0 Å². The number of hydrogen-bond donors (Lipinski definition) is 0. The zero-order chi connectivity index (χ0) is 15.7. The first kappa shape index (κ1) is 16.1. The molecule has 1 aromatic carbocycles. The van der Waals surface area contributed by atoms with Gasteiger partial charge in [0, 0.05) is 35.7 Å². The van der Waals surface area contributed by atoms with E-state index in [1.807, 2.05) is 24.0 Å². The third-order valence-electron chi connectivity index (χ3n) is 4.63. The van der Waals surface area contributed by atoms with Gasteiger partial charge in [-0.25, -0.2) is 0 Å². The van der Waals surface area contributed by atoms with E-state index in [2.05, 4.69) is 0 Å². The molecule has 0 spiro atoms. The zero-order valence-corrected chi connectivity index (χ0v) is 14.2. The van der Waals surface area contributed by atoms with Gasteiger partial charge in [0.1, 0.15) is 0 Å². The van der Waals surface area contributed by atoms with Gasteiger partial charge in [0.2, 0.25) is 5.91 Å². The maximum atomic E-state index is 12.6. The average Bonchev–Trinajstić information content (AvgIpc) is 3.28. The van der Waals surface area contributed by atoms with Gasteiger partial charge in [-0.15, -0.1) is 0 Å². The number of likely N-dealkylation sites (tertiary alicyclic amines) is 1. The van der Waals surface area contributed by atoms with Gasteiger partial charge < -0.3 is 9.64 Å². The first-order valence-corrected chi connectivity index (χ1v) is 8.71. The SMILES string of the molecule is CCOC1CCN(C(=O)[C@H]2C[C@@H]2c2ccc(Cl)cc2Cl)CC1. The van der Waals surface area contributed by atoms with E-state index in [4.69, 9.17) is 27.9 Å². The number of carbonyl (C=O) groups excluding carboxylic acids is 1. The molecule has 3 nitrogen and oxygen atoms in total. The summed E-state index contributed by atoms with van der Waals surface area (Å²) in [5.41, 5.74) is 1.05. The van der Waals surface area contributed by atoms with Gasteiger partial charge >= 0.3 is 0 Å². The third kappa shape index (κ3) is 3.42. The van der Waals surface area contributed by atoms with Crippen molar-refractivity contribution in [1.82, 2.24) is 4.90 Å². The molecule has 0 bridgehead atoms. The van der Waals surface area contributed by atoms with Crippen LogP contribution in [0.25, 0.3) is 0 Å². The van der Waals surface area contributed by atoms with E-state index < -0.39 is 0 Å². The molecule has 0 N–H and O–H groups in total.